The van der Waals surface area contributed by atoms with Gasteiger partial charge in [0, 0.05) is 0 Å². The lowest BCUT2D eigenvalue weighted by Gasteiger charge is -2.37. The number of methoxy groups -OCH3 is 1. The van der Waals surface area contributed by atoms with Crippen molar-refractivity contribution >= 4 is 18.0 Å². The Hall–Kier alpha value is -3.41. The molecule has 1 aliphatic heterocycles. The third kappa shape index (κ3) is 2.97. The predicted molar refractivity (Wildman–Crippen MR) is 118 cm³/mol. The van der Waals surface area contributed by atoms with Gasteiger partial charge in [0.25, 0.3) is 11.8 Å². The first-order valence-electron chi connectivity index (χ1n) is 11.1. The van der Waals surface area contributed by atoms with E-state index in [0.29, 0.717) is 29.9 Å². The van der Waals surface area contributed by atoms with Gasteiger partial charge >= 0.3 is 0 Å². The number of carbonyl (C=O) groups excluding carboxylic acids is 2. The van der Waals surface area contributed by atoms with Crippen LogP contribution < -0.4 is 9.47 Å². The molecule has 0 spiro atoms. The van der Waals surface area contributed by atoms with Crippen molar-refractivity contribution < 1.29 is 19.1 Å². The Bertz CT molecular complexity index is 1110. The van der Waals surface area contributed by atoms with E-state index < -0.39 is 0 Å². The summed E-state index contributed by atoms with van der Waals surface area (Å²) in [6.45, 7) is 0.433. The fourth-order valence-corrected chi connectivity index (χ4v) is 5.80. The van der Waals surface area contributed by atoms with Crippen molar-refractivity contribution in [2.24, 2.45) is 40.6 Å². The number of nitrogens with zero attached hydrogens (tertiary/aromatic N) is 2. The van der Waals surface area contributed by atoms with Crippen LogP contribution in [-0.2, 0) is 16.2 Å². The van der Waals surface area contributed by atoms with Gasteiger partial charge in [0.05, 0.1) is 25.2 Å². The van der Waals surface area contributed by atoms with Crippen LogP contribution in [0.3, 0.4) is 0 Å². The molecule has 2 amide bonds. The van der Waals surface area contributed by atoms with Crippen LogP contribution in [0.1, 0.15) is 17.5 Å². The topological polar surface area (TPSA) is 68.2 Å². The SMILES string of the molecule is COc1cc(/C=N\N2C(=O)[C@@H]3[C@@H]4C=C[C@H]([C@H]5C[C@H]45)[C@@H]3C2=O)ccc1OCc1ccccc1. The van der Waals surface area contributed by atoms with Gasteiger partial charge in [-0.2, -0.15) is 10.1 Å². The standard InChI is InChI=1S/C26H24N2O4/c1-31-22-11-16(7-10-21(22)32-14-15-5-3-2-4-6-15)13-27-28-25(29)23-17-8-9-18(20-12-19(17)20)24(23)26(28)30/h2-11,13,17-20,23-24H,12,14H2,1H3/b27-13-/t17-,18-,19-,20-,23-,24+/m1/s1. The first kappa shape index (κ1) is 19.3. The summed E-state index contributed by atoms with van der Waals surface area (Å²) < 4.78 is 11.4. The molecule has 2 saturated carbocycles. The number of rotatable bonds is 6. The van der Waals surface area contributed by atoms with Gasteiger partial charge < -0.3 is 9.47 Å². The molecular formula is C26H24N2O4. The van der Waals surface area contributed by atoms with Crippen LogP contribution in [-0.4, -0.2) is 30.1 Å². The quantitative estimate of drug-likeness (QED) is 0.400. The number of imide groups is 1. The zero-order valence-corrected chi connectivity index (χ0v) is 17.8. The Morgan fingerprint density at radius 3 is 2.31 bits per heavy atom. The molecular weight excluding hydrogens is 404 g/mol. The molecule has 7 rings (SSSR count). The van der Waals surface area contributed by atoms with E-state index in [1.807, 2.05) is 42.5 Å². The van der Waals surface area contributed by atoms with E-state index in [9.17, 15) is 9.59 Å². The molecule has 4 aliphatic carbocycles. The number of ether oxygens (including phenoxy) is 2. The van der Waals surface area contributed by atoms with Crippen LogP contribution in [0.25, 0.3) is 0 Å². The number of allylic oxidation sites excluding steroid dienone is 2. The van der Waals surface area contributed by atoms with Gasteiger partial charge in [0.2, 0.25) is 0 Å². The number of carbonyl (C=O) groups is 2. The number of benzene rings is 2. The van der Waals surface area contributed by atoms with Crippen molar-refractivity contribution in [2.75, 3.05) is 7.11 Å². The van der Waals surface area contributed by atoms with Crippen molar-refractivity contribution in [3.05, 3.63) is 71.8 Å². The molecule has 5 aliphatic rings. The van der Waals surface area contributed by atoms with Gasteiger partial charge in [0.1, 0.15) is 6.61 Å². The third-order valence-corrected chi connectivity index (χ3v) is 7.39. The van der Waals surface area contributed by atoms with Crippen LogP contribution in [0.4, 0.5) is 0 Å². The number of hydrogen-bond donors (Lipinski definition) is 0. The van der Waals surface area contributed by atoms with Crippen LogP contribution >= 0.6 is 0 Å². The van der Waals surface area contributed by atoms with Crippen molar-refractivity contribution in [1.29, 1.82) is 0 Å². The Morgan fingerprint density at radius 2 is 1.66 bits per heavy atom. The zero-order chi connectivity index (χ0) is 21.8. The highest BCUT2D eigenvalue weighted by atomic mass is 16.5. The summed E-state index contributed by atoms with van der Waals surface area (Å²) in [4.78, 5) is 26.1. The normalized spacial score (nSPS) is 31.7. The number of hydrogen-bond acceptors (Lipinski definition) is 5. The lowest BCUT2D eigenvalue weighted by molar-refractivity contribution is -0.140. The van der Waals surface area contributed by atoms with E-state index in [0.717, 1.165) is 22.6 Å². The van der Waals surface area contributed by atoms with Gasteiger partial charge in [0.15, 0.2) is 11.5 Å². The number of amides is 2. The molecule has 0 N–H and O–H groups in total. The van der Waals surface area contributed by atoms with E-state index >= 15 is 0 Å². The average molecular weight is 428 g/mol. The van der Waals surface area contributed by atoms with Gasteiger partial charge in [-0.25, -0.2) is 0 Å². The molecule has 1 saturated heterocycles. The monoisotopic (exact) mass is 428 g/mol. The summed E-state index contributed by atoms with van der Waals surface area (Å²) in [5.41, 5.74) is 1.79. The summed E-state index contributed by atoms with van der Waals surface area (Å²) in [6, 6.07) is 15.4. The molecule has 3 fully saturated rings. The lowest BCUT2D eigenvalue weighted by atomic mass is 9.63. The fraction of sp³-hybridized carbons (Fsp3) is 0.346. The molecule has 0 radical (unpaired) electrons. The lowest BCUT2D eigenvalue weighted by Crippen LogP contribution is -2.40. The average Bonchev–Trinajstić information content (AvgIpc) is 3.61. The fourth-order valence-electron chi connectivity index (χ4n) is 5.80. The van der Waals surface area contributed by atoms with E-state index in [-0.39, 0.29) is 35.5 Å². The molecule has 162 valence electrons. The minimum Gasteiger partial charge on any atom is -0.493 e. The Morgan fingerprint density at radius 1 is 0.969 bits per heavy atom. The van der Waals surface area contributed by atoms with E-state index in [2.05, 4.69) is 17.3 Å². The Labute approximate surface area is 186 Å². The summed E-state index contributed by atoms with van der Waals surface area (Å²) in [5.74, 6) is 1.98. The van der Waals surface area contributed by atoms with E-state index in [1.54, 1.807) is 19.4 Å². The molecule has 1 heterocycles. The van der Waals surface area contributed by atoms with Gasteiger partial charge in [-0.1, -0.05) is 42.5 Å². The second kappa shape index (κ2) is 7.33. The highest BCUT2D eigenvalue weighted by molar-refractivity contribution is 6.06. The van der Waals surface area contributed by atoms with E-state index in [1.165, 1.54) is 0 Å². The summed E-state index contributed by atoms with van der Waals surface area (Å²) in [6.07, 6.45) is 7.03. The maximum absolute atomic E-state index is 13.0. The second-order valence-electron chi connectivity index (χ2n) is 9.07. The van der Waals surface area contributed by atoms with Crippen molar-refractivity contribution in [2.45, 2.75) is 13.0 Å². The molecule has 6 atom stereocenters. The second-order valence-corrected chi connectivity index (χ2v) is 9.07. The van der Waals surface area contributed by atoms with Crippen molar-refractivity contribution in [1.82, 2.24) is 5.01 Å². The highest BCUT2D eigenvalue weighted by Gasteiger charge is 2.67. The molecule has 2 bridgehead atoms. The Balaban J connectivity index is 1.18. The largest absolute Gasteiger partial charge is 0.493 e. The van der Waals surface area contributed by atoms with E-state index in [4.69, 9.17) is 9.47 Å². The summed E-state index contributed by atoms with van der Waals surface area (Å²) >= 11 is 0. The molecule has 0 aromatic heterocycles. The zero-order valence-electron chi connectivity index (χ0n) is 17.8. The minimum atomic E-state index is -0.235. The first-order chi connectivity index (χ1) is 15.7. The minimum absolute atomic E-state index is 0.157. The van der Waals surface area contributed by atoms with Crippen LogP contribution in [0.15, 0.2) is 65.8 Å². The maximum Gasteiger partial charge on any atom is 0.254 e. The van der Waals surface area contributed by atoms with Crippen LogP contribution in [0.2, 0.25) is 0 Å². The molecule has 32 heavy (non-hydrogen) atoms. The maximum atomic E-state index is 13.0. The third-order valence-electron chi connectivity index (χ3n) is 7.39. The van der Waals surface area contributed by atoms with Gasteiger partial charge in [-0.15, -0.1) is 0 Å². The first-order valence-corrected chi connectivity index (χ1v) is 11.1. The number of hydrazone groups is 1. The molecule has 6 nitrogen and oxygen atoms in total. The predicted octanol–water partition coefficient (Wildman–Crippen LogP) is 3.66. The van der Waals surface area contributed by atoms with Crippen molar-refractivity contribution in [3.63, 3.8) is 0 Å². The highest BCUT2D eigenvalue weighted by Crippen LogP contribution is 2.65. The van der Waals surface area contributed by atoms with Gasteiger partial charge in [-0.05, 0) is 59.4 Å². The summed E-state index contributed by atoms with van der Waals surface area (Å²) in [5, 5.41) is 5.40. The Kier molecular flexibility index (Phi) is 4.42. The molecule has 2 aromatic rings. The molecule has 6 heteroatoms. The smallest absolute Gasteiger partial charge is 0.254 e. The van der Waals surface area contributed by atoms with Gasteiger partial charge in [-0.3, -0.25) is 9.59 Å². The van der Waals surface area contributed by atoms with Crippen LogP contribution in [0, 0.1) is 35.5 Å². The molecule has 0 unspecified atom stereocenters. The van der Waals surface area contributed by atoms with Crippen LogP contribution in [0.5, 0.6) is 11.5 Å². The van der Waals surface area contributed by atoms with Crippen molar-refractivity contribution in [3.8, 4) is 11.5 Å². The molecule has 2 aromatic carbocycles. The summed E-state index contributed by atoms with van der Waals surface area (Å²) in [7, 11) is 1.58.